The van der Waals surface area contributed by atoms with Crippen molar-refractivity contribution < 1.29 is 4.92 Å². The lowest BCUT2D eigenvalue weighted by atomic mass is 10.1. The first-order valence-corrected chi connectivity index (χ1v) is 4.45. The van der Waals surface area contributed by atoms with Crippen molar-refractivity contribution in [2.75, 3.05) is 11.6 Å². The van der Waals surface area contributed by atoms with Gasteiger partial charge in [-0.3, -0.25) is 10.1 Å². The highest BCUT2D eigenvalue weighted by atomic mass is 35.5. The van der Waals surface area contributed by atoms with Crippen LogP contribution in [0.2, 0.25) is 0 Å². The van der Waals surface area contributed by atoms with E-state index in [0.717, 1.165) is 0 Å². The van der Waals surface area contributed by atoms with Crippen molar-refractivity contribution in [3.8, 4) is 0 Å². The maximum absolute atomic E-state index is 10.6. The van der Waals surface area contributed by atoms with Gasteiger partial charge in [-0.05, 0) is 12.1 Å². The van der Waals surface area contributed by atoms with E-state index >= 15 is 0 Å². The second-order valence-corrected chi connectivity index (χ2v) is 2.94. The number of anilines is 1. The molecule has 0 aliphatic rings. The summed E-state index contributed by atoms with van der Waals surface area (Å²) in [5.74, 6) is 0.321. The molecule has 1 rings (SSSR count). The Labute approximate surface area is 86.1 Å². The lowest BCUT2D eigenvalue weighted by molar-refractivity contribution is -0.385. The van der Waals surface area contributed by atoms with E-state index in [4.69, 9.17) is 17.3 Å². The van der Waals surface area contributed by atoms with E-state index in [2.05, 4.69) is 0 Å². The summed E-state index contributed by atoms with van der Waals surface area (Å²) in [4.78, 5) is 10.2. The van der Waals surface area contributed by atoms with E-state index in [1.165, 1.54) is 6.07 Å². The van der Waals surface area contributed by atoms with Crippen LogP contribution < -0.4 is 5.73 Å². The summed E-state index contributed by atoms with van der Waals surface area (Å²) in [7, 11) is 0. The molecule has 0 aliphatic heterocycles. The number of nitro benzene ring substituents is 1. The summed E-state index contributed by atoms with van der Waals surface area (Å²) >= 11 is 5.43. The number of nitrogens with zero attached hydrogens (tertiary/aromatic N) is 1. The fraction of sp³-hybridized carbons (Fsp3) is 0.111. The fourth-order valence-corrected chi connectivity index (χ4v) is 1.12. The number of halogens is 1. The molecule has 4 nitrogen and oxygen atoms in total. The minimum atomic E-state index is -0.468. The summed E-state index contributed by atoms with van der Waals surface area (Å²) in [6, 6.07) is 4.53. The average molecular weight is 213 g/mol. The molecule has 0 fully saturated rings. The molecule has 0 unspecified atom stereocenters. The molecular formula is C9H9ClN2O2. The van der Waals surface area contributed by atoms with Crippen LogP contribution in [0, 0.1) is 10.1 Å². The first-order chi connectivity index (χ1) is 6.65. The Bertz CT molecular complexity index is 377. The molecule has 0 amide bonds. The minimum Gasteiger partial charge on any atom is -0.399 e. The Balaban J connectivity index is 3.15. The molecule has 0 spiro atoms. The van der Waals surface area contributed by atoms with Crippen molar-refractivity contribution in [1.29, 1.82) is 0 Å². The van der Waals surface area contributed by atoms with Crippen LogP contribution in [0.15, 0.2) is 24.3 Å². The van der Waals surface area contributed by atoms with Gasteiger partial charge in [0.05, 0.1) is 10.5 Å². The molecule has 0 bridgehead atoms. The van der Waals surface area contributed by atoms with Gasteiger partial charge >= 0.3 is 0 Å². The lowest BCUT2D eigenvalue weighted by Crippen LogP contribution is -1.94. The van der Waals surface area contributed by atoms with Gasteiger partial charge < -0.3 is 5.73 Å². The molecule has 0 aromatic heterocycles. The third kappa shape index (κ3) is 2.47. The van der Waals surface area contributed by atoms with Crippen LogP contribution in [0.25, 0.3) is 6.08 Å². The Morgan fingerprint density at radius 2 is 2.29 bits per heavy atom. The second kappa shape index (κ2) is 4.62. The van der Waals surface area contributed by atoms with Crippen LogP contribution in [-0.4, -0.2) is 10.8 Å². The topological polar surface area (TPSA) is 69.2 Å². The molecule has 1 aromatic rings. The van der Waals surface area contributed by atoms with Crippen LogP contribution in [0.5, 0.6) is 0 Å². The van der Waals surface area contributed by atoms with Gasteiger partial charge in [-0.1, -0.05) is 12.2 Å². The van der Waals surface area contributed by atoms with E-state index in [1.807, 2.05) is 0 Å². The smallest absolute Gasteiger partial charge is 0.278 e. The normalized spacial score (nSPS) is 10.6. The third-order valence-corrected chi connectivity index (χ3v) is 1.82. The van der Waals surface area contributed by atoms with Crippen molar-refractivity contribution in [2.45, 2.75) is 0 Å². The van der Waals surface area contributed by atoms with Gasteiger partial charge in [0.1, 0.15) is 0 Å². The van der Waals surface area contributed by atoms with Gasteiger partial charge in [0.25, 0.3) is 5.69 Å². The van der Waals surface area contributed by atoms with Gasteiger partial charge in [0, 0.05) is 17.6 Å². The van der Waals surface area contributed by atoms with Crippen LogP contribution in [0.3, 0.4) is 0 Å². The zero-order valence-electron chi connectivity index (χ0n) is 7.31. The molecule has 0 saturated carbocycles. The SMILES string of the molecule is Nc1ccc(C=CCCl)c([N+](=O)[O-])c1. The van der Waals surface area contributed by atoms with Gasteiger partial charge in [-0.25, -0.2) is 0 Å². The van der Waals surface area contributed by atoms with Crippen molar-refractivity contribution >= 4 is 29.1 Å². The molecule has 2 N–H and O–H groups in total. The minimum absolute atomic E-state index is 0.00799. The summed E-state index contributed by atoms with van der Waals surface area (Å²) < 4.78 is 0. The number of alkyl halides is 1. The number of allylic oxidation sites excluding steroid dienone is 1. The lowest BCUT2D eigenvalue weighted by Gasteiger charge is -1.98. The number of rotatable bonds is 3. The Kier molecular flexibility index (Phi) is 3.48. The Morgan fingerprint density at radius 3 is 2.86 bits per heavy atom. The summed E-state index contributed by atoms with van der Waals surface area (Å²) in [6.45, 7) is 0. The number of nitrogen functional groups attached to an aromatic ring is 1. The van der Waals surface area contributed by atoms with Crippen molar-refractivity contribution in [1.82, 2.24) is 0 Å². The molecule has 74 valence electrons. The van der Waals surface area contributed by atoms with Gasteiger partial charge in [-0.15, -0.1) is 11.6 Å². The predicted octanol–water partition coefficient (Wildman–Crippen LogP) is 2.43. The van der Waals surface area contributed by atoms with Crippen LogP contribution in [-0.2, 0) is 0 Å². The van der Waals surface area contributed by atoms with E-state index in [-0.39, 0.29) is 5.69 Å². The average Bonchev–Trinajstić information content (AvgIpc) is 2.15. The van der Waals surface area contributed by atoms with Crippen molar-refractivity contribution in [3.05, 3.63) is 40.0 Å². The highest BCUT2D eigenvalue weighted by Crippen LogP contribution is 2.22. The van der Waals surface area contributed by atoms with Gasteiger partial charge in [0.15, 0.2) is 0 Å². The van der Waals surface area contributed by atoms with Crippen LogP contribution in [0.4, 0.5) is 11.4 Å². The summed E-state index contributed by atoms with van der Waals surface area (Å²) in [6.07, 6.45) is 3.24. The molecular weight excluding hydrogens is 204 g/mol. The molecule has 0 aliphatic carbocycles. The predicted molar refractivity (Wildman–Crippen MR) is 57.3 cm³/mol. The maximum Gasteiger partial charge on any atom is 0.278 e. The van der Waals surface area contributed by atoms with E-state index in [0.29, 0.717) is 17.1 Å². The molecule has 0 heterocycles. The van der Waals surface area contributed by atoms with Gasteiger partial charge in [0.2, 0.25) is 0 Å². The van der Waals surface area contributed by atoms with Crippen LogP contribution >= 0.6 is 11.6 Å². The first kappa shape index (κ1) is 10.5. The number of nitrogens with two attached hydrogens (primary N) is 1. The molecule has 1 aromatic carbocycles. The molecule has 0 radical (unpaired) electrons. The van der Waals surface area contributed by atoms with Crippen LogP contribution in [0.1, 0.15) is 5.56 Å². The fourth-order valence-electron chi connectivity index (χ4n) is 1.03. The first-order valence-electron chi connectivity index (χ1n) is 3.91. The van der Waals surface area contributed by atoms with Crippen molar-refractivity contribution in [3.63, 3.8) is 0 Å². The highest BCUT2D eigenvalue weighted by Gasteiger charge is 2.10. The summed E-state index contributed by atoms with van der Waals surface area (Å²) in [5, 5.41) is 10.6. The number of hydrogen-bond acceptors (Lipinski definition) is 3. The zero-order chi connectivity index (χ0) is 10.6. The monoisotopic (exact) mass is 212 g/mol. The van der Waals surface area contributed by atoms with E-state index in [9.17, 15) is 10.1 Å². The standard InChI is InChI=1S/C9H9ClN2O2/c10-5-1-2-7-3-4-8(11)6-9(7)12(13)14/h1-4,6H,5,11H2. The maximum atomic E-state index is 10.6. The molecule has 0 atom stereocenters. The number of hydrogen-bond donors (Lipinski definition) is 1. The van der Waals surface area contributed by atoms with Crippen molar-refractivity contribution in [2.24, 2.45) is 0 Å². The number of nitro groups is 1. The highest BCUT2D eigenvalue weighted by molar-refractivity contribution is 6.19. The Morgan fingerprint density at radius 1 is 1.57 bits per heavy atom. The van der Waals surface area contributed by atoms with E-state index < -0.39 is 4.92 Å². The van der Waals surface area contributed by atoms with E-state index in [1.54, 1.807) is 24.3 Å². The zero-order valence-corrected chi connectivity index (χ0v) is 8.07. The summed E-state index contributed by atoms with van der Waals surface area (Å²) in [5.41, 5.74) is 6.31. The molecule has 14 heavy (non-hydrogen) atoms. The third-order valence-electron chi connectivity index (χ3n) is 1.64. The largest absolute Gasteiger partial charge is 0.399 e. The second-order valence-electron chi connectivity index (χ2n) is 2.63. The molecule has 0 saturated heterocycles. The van der Waals surface area contributed by atoms with Gasteiger partial charge in [-0.2, -0.15) is 0 Å². The molecule has 5 heteroatoms. The quantitative estimate of drug-likeness (QED) is 0.362. The Hall–Kier alpha value is -1.55. The number of benzene rings is 1.